The molecule has 238 valence electrons. The van der Waals surface area contributed by atoms with Crippen molar-refractivity contribution in [3.8, 4) is 22.7 Å². The first-order chi connectivity index (χ1) is 23.0. The van der Waals surface area contributed by atoms with E-state index in [9.17, 15) is 14.7 Å². The van der Waals surface area contributed by atoms with Crippen LogP contribution in [0, 0.1) is 6.92 Å². The number of carbonyl (C=O) groups excluding carboxylic acids is 1. The normalized spacial score (nSPS) is 13.3. The van der Waals surface area contributed by atoms with Crippen LogP contribution in [0.15, 0.2) is 91.6 Å². The number of aromatic carboxylic acids is 1. The largest absolute Gasteiger partial charge is 0.493 e. The second-order valence-electron chi connectivity index (χ2n) is 11.6. The third kappa shape index (κ3) is 5.83. The number of imidazole rings is 1. The van der Waals surface area contributed by atoms with Crippen LogP contribution in [0.1, 0.15) is 28.0 Å². The number of aryl methyl sites for hydroxylation is 2. The van der Waals surface area contributed by atoms with Crippen molar-refractivity contribution in [2.45, 2.75) is 26.3 Å². The summed E-state index contributed by atoms with van der Waals surface area (Å²) in [4.78, 5) is 37.5. The van der Waals surface area contributed by atoms with E-state index in [1.807, 2.05) is 84.4 Å². The number of benzene rings is 3. The Morgan fingerprint density at radius 3 is 2.55 bits per heavy atom. The average Bonchev–Trinajstić information content (AvgIpc) is 3.74. The maximum absolute atomic E-state index is 13.7. The fraction of sp³-hybridized carbons (Fsp3) is 0.243. The molecule has 0 radical (unpaired) electrons. The zero-order valence-corrected chi connectivity index (χ0v) is 26.1. The molecule has 3 aromatic heterocycles. The number of pyridine rings is 1. The fourth-order valence-electron chi connectivity index (χ4n) is 6.60. The molecule has 1 N–H and O–H groups in total. The van der Waals surface area contributed by atoms with Gasteiger partial charge in [0.15, 0.2) is 0 Å². The summed E-state index contributed by atoms with van der Waals surface area (Å²) >= 11 is 0. The maximum atomic E-state index is 13.7. The van der Waals surface area contributed by atoms with Crippen molar-refractivity contribution >= 4 is 33.6 Å². The number of carbonyl (C=O) groups is 2. The number of hydrogen-bond donors (Lipinski definition) is 1. The Balaban J connectivity index is 1.32. The van der Waals surface area contributed by atoms with Gasteiger partial charge >= 0.3 is 5.97 Å². The number of carboxylic acid groups (broad SMARTS) is 1. The molecule has 7 rings (SSSR count). The standard InChI is InChI=1S/C37H35N5O5/c1-25-14-15-39-36(41-17-16-38-24-41)33(25)30-11-5-10-28-29(12-6-20-47-31-13-4-8-26-7-2-3-9-27(26)31)35(37(44)45)42(34(28)30)23-32(43)40-18-21-46-22-19-40/h2-5,7-11,13-17,24H,6,12,18-23H2,1H3,(H,44,45). The summed E-state index contributed by atoms with van der Waals surface area (Å²) in [5.74, 6) is 0.237. The first kappa shape index (κ1) is 30.2. The molecular weight excluding hydrogens is 594 g/mol. The Hall–Kier alpha value is -5.48. The number of aromatic nitrogens is 4. The minimum absolute atomic E-state index is 0.110. The van der Waals surface area contributed by atoms with Gasteiger partial charge in [0, 0.05) is 53.6 Å². The lowest BCUT2D eigenvalue weighted by Crippen LogP contribution is -2.42. The smallest absolute Gasteiger partial charge is 0.352 e. The summed E-state index contributed by atoms with van der Waals surface area (Å²) in [6.07, 6.45) is 7.99. The fourth-order valence-corrected chi connectivity index (χ4v) is 6.60. The zero-order chi connectivity index (χ0) is 32.3. The lowest BCUT2D eigenvalue weighted by atomic mass is 9.97. The van der Waals surface area contributed by atoms with E-state index < -0.39 is 5.97 Å². The van der Waals surface area contributed by atoms with Crippen molar-refractivity contribution in [1.29, 1.82) is 0 Å². The first-order valence-electron chi connectivity index (χ1n) is 15.8. The van der Waals surface area contributed by atoms with Gasteiger partial charge < -0.3 is 24.0 Å². The van der Waals surface area contributed by atoms with Crippen molar-refractivity contribution in [3.05, 3.63) is 108 Å². The monoisotopic (exact) mass is 629 g/mol. The SMILES string of the molecule is Cc1ccnc(-n2ccnc2)c1-c1cccc2c(CCCOc3cccc4ccccc34)c(C(=O)O)n(CC(=O)N3CCOCC3)c12. The molecule has 1 fully saturated rings. The Morgan fingerprint density at radius 2 is 1.74 bits per heavy atom. The van der Waals surface area contributed by atoms with Crippen molar-refractivity contribution in [2.24, 2.45) is 0 Å². The molecule has 0 aliphatic carbocycles. The molecule has 0 unspecified atom stereocenters. The molecule has 10 nitrogen and oxygen atoms in total. The molecule has 1 aliphatic rings. The summed E-state index contributed by atoms with van der Waals surface area (Å²) in [6, 6.07) is 21.8. The Kier molecular flexibility index (Phi) is 8.41. The van der Waals surface area contributed by atoms with Crippen LogP contribution in [-0.2, 0) is 22.5 Å². The van der Waals surface area contributed by atoms with Gasteiger partial charge in [-0.2, -0.15) is 0 Å². The number of nitrogens with zero attached hydrogens (tertiary/aromatic N) is 5. The molecule has 0 saturated carbocycles. The van der Waals surface area contributed by atoms with Crippen LogP contribution < -0.4 is 4.74 Å². The summed E-state index contributed by atoms with van der Waals surface area (Å²) < 4.78 is 15.2. The van der Waals surface area contributed by atoms with Crippen LogP contribution in [0.2, 0.25) is 0 Å². The third-order valence-corrected chi connectivity index (χ3v) is 8.78. The second kappa shape index (κ2) is 13.1. The predicted molar refractivity (Wildman–Crippen MR) is 179 cm³/mol. The lowest BCUT2D eigenvalue weighted by Gasteiger charge is -2.27. The van der Waals surface area contributed by atoms with Gasteiger partial charge in [-0.1, -0.05) is 54.6 Å². The third-order valence-electron chi connectivity index (χ3n) is 8.78. The molecule has 0 spiro atoms. The molecule has 1 saturated heterocycles. The number of hydrogen-bond acceptors (Lipinski definition) is 6. The summed E-state index contributed by atoms with van der Waals surface area (Å²) in [7, 11) is 0. The highest BCUT2D eigenvalue weighted by atomic mass is 16.5. The number of fused-ring (bicyclic) bond motifs is 2. The maximum Gasteiger partial charge on any atom is 0.352 e. The van der Waals surface area contributed by atoms with Crippen LogP contribution in [0.25, 0.3) is 38.6 Å². The molecule has 1 aliphatic heterocycles. The lowest BCUT2D eigenvalue weighted by molar-refractivity contribution is -0.135. The molecule has 4 heterocycles. The van der Waals surface area contributed by atoms with E-state index in [0.717, 1.165) is 38.6 Å². The van der Waals surface area contributed by atoms with E-state index >= 15 is 0 Å². The highest BCUT2D eigenvalue weighted by molar-refractivity contribution is 6.05. The van der Waals surface area contributed by atoms with Gasteiger partial charge in [0.05, 0.1) is 25.3 Å². The van der Waals surface area contributed by atoms with Crippen LogP contribution >= 0.6 is 0 Å². The Bertz CT molecular complexity index is 2070. The second-order valence-corrected chi connectivity index (χ2v) is 11.6. The molecule has 47 heavy (non-hydrogen) atoms. The highest BCUT2D eigenvalue weighted by Crippen LogP contribution is 2.39. The van der Waals surface area contributed by atoms with Crippen LogP contribution in [0.4, 0.5) is 0 Å². The van der Waals surface area contributed by atoms with Gasteiger partial charge in [-0.25, -0.2) is 14.8 Å². The summed E-state index contributed by atoms with van der Waals surface area (Å²) in [5.41, 5.74) is 4.09. The van der Waals surface area contributed by atoms with Crippen LogP contribution in [0.3, 0.4) is 0 Å². The minimum Gasteiger partial charge on any atom is -0.493 e. The molecule has 6 aromatic rings. The molecule has 3 aromatic carbocycles. The van der Waals surface area contributed by atoms with Crippen LogP contribution in [0.5, 0.6) is 5.75 Å². The molecule has 0 bridgehead atoms. The Morgan fingerprint density at radius 1 is 0.957 bits per heavy atom. The van der Waals surface area contributed by atoms with Crippen molar-refractivity contribution in [3.63, 3.8) is 0 Å². The van der Waals surface area contributed by atoms with Crippen molar-refractivity contribution in [2.75, 3.05) is 32.9 Å². The summed E-state index contributed by atoms with van der Waals surface area (Å²) in [5, 5.41) is 13.6. The number of ether oxygens (including phenoxy) is 2. The zero-order valence-electron chi connectivity index (χ0n) is 26.1. The number of para-hydroxylation sites is 1. The predicted octanol–water partition coefficient (Wildman–Crippen LogP) is 5.92. The first-order valence-corrected chi connectivity index (χ1v) is 15.8. The van der Waals surface area contributed by atoms with Crippen molar-refractivity contribution < 1.29 is 24.2 Å². The number of rotatable bonds is 10. The van der Waals surface area contributed by atoms with E-state index in [4.69, 9.17) is 14.5 Å². The van der Waals surface area contributed by atoms with E-state index in [1.54, 1.807) is 28.2 Å². The summed E-state index contributed by atoms with van der Waals surface area (Å²) in [6.45, 7) is 4.16. The van der Waals surface area contributed by atoms with E-state index in [2.05, 4.69) is 4.98 Å². The topological polar surface area (TPSA) is 112 Å². The van der Waals surface area contributed by atoms with Crippen LogP contribution in [-0.4, -0.2) is 73.9 Å². The Labute approximate surface area is 271 Å². The van der Waals surface area contributed by atoms with Gasteiger partial charge in [0.2, 0.25) is 5.91 Å². The van der Waals surface area contributed by atoms with Gasteiger partial charge in [-0.15, -0.1) is 0 Å². The van der Waals surface area contributed by atoms with E-state index in [0.29, 0.717) is 62.6 Å². The van der Waals surface area contributed by atoms with Gasteiger partial charge in [0.1, 0.15) is 30.1 Å². The quantitative estimate of drug-likeness (QED) is 0.187. The van der Waals surface area contributed by atoms with E-state index in [1.165, 1.54) is 0 Å². The van der Waals surface area contributed by atoms with Crippen molar-refractivity contribution in [1.82, 2.24) is 24.0 Å². The number of amides is 1. The molecule has 1 amide bonds. The highest BCUT2D eigenvalue weighted by Gasteiger charge is 2.28. The number of carboxylic acids is 1. The van der Waals surface area contributed by atoms with Gasteiger partial charge in [-0.3, -0.25) is 9.36 Å². The minimum atomic E-state index is -1.08. The molecule has 0 atom stereocenters. The molecular formula is C37H35N5O5. The van der Waals surface area contributed by atoms with E-state index in [-0.39, 0.29) is 18.1 Å². The molecule has 10 heteroatoms. The van der Waals surface area contributed by atoms with Gasteiger partial charge in [-0.05, 0) is 48.4 Å². The number of morpholine rings is 1. The average molecular weight is 630 g/mol. The van der Waals surface area contributed by atoms with Gasteiger partial charge in [0.25, 0.3) is 0 Å².